The van der Waals surface area contributed by atoms with E-state index < -0.39 is 0 Å². The second-order valence-electron chi connectivity index (χ2n) is 4.18. The molecule has 1 aromatic carbocycles. The number of benzene rings is 1. The summed E-state index contributed by atoms with van der Waals surface area (Å²) in [6.45, 7) is 0. The molecular formula is C14H12N6. The van der Waals surface area contributed by atoms with Crippen LogP contribution in [0.15, 0.2) is 36.5 Å². The fraction of sp³-hybridized carbons (Fsp3) is 0. The number of fused-ring (bicyclic) bond motifs is 1. The second-order valence-corrected chi connectivity index (χ2v) is 4.18. The Hall–Kier alpha value is -3.02. The lowest BCUT2D eigenvalue weighted by Gasteiger charge is -2.01. The number of hydrogen-bond donors (Lipinski definition) is 2. The van der Waals surface area contributed by atoms with E-state index in [1.54, 1.807) is 6.20 Å². The van der Waals surface area contributed by atoms with Gasteiger partial charge in [0.1, 0.15) is 0 Å². The second kappa shape index (κ2) is 4.93. The van der Waals surface area contributed by atoms with E-state index in [4.69, 9.17) is 11.5 Å². The zero-order chi connectivity index (χ0) is 13.9. The third-order valence-corrected chi connectivity index (χ3v) is 2.72. The maximum absolute atomic E-state index is 5.78. The van der Waals surface area contributed by atoms with Gasteiger partial charge in [0, 0.05) is 0 Å². The van der Waals surface area contributed by atoms with Crippen molar-refractivity contribution in [3.8, 4) is 0 Å². The van der Waals surface area contributed by atoms with Crippen LogP contribution in [-0.4, -0.2) is 19.9 Å². The predicted molar refractivity (Wildman–Crippen MR) is 79.3 cm³/mol. The summed E-state index contributed by atoms with van der Waals surface area (Å²) in [4.78, 5) is 16.4. The Morgan fingerprint density at radius 3 is 2.50 bits per heavy atom. The maximum Gasteiger partial charge on any atom is 0.224 e. The van der Waals surface area contributed by atoms with Crippen molar-refractivity contribution in [1.29, 1.82) is 0 Å². The molecule has 6 heteroatoms. The number of aromatic nitrogens is 4. The fourth-order valence-electron chi connectivity index (χ4n) is 1.79. The van der Waals surface area contributed by atoms with E-state index in [9.17, 15) is 0 Å². The summed E-state index contributed by atoms with van der Waals surface area (Å²) in [5.41, 5.74) is 13.9. The molecule has 4 N–H and O–H groups in total. The molecule has 0 aliphatic rings. The van der Waals surface area contributed by atoms with Gasteiger partial charge in [0.2, 0.25) is 5.95 Å². The van der Waals surface area contributed by atoms with E-state index in [-0.39, 0.29) is 11.8 Å². The normalized spacial score (nSPS) is 11.2. The Balaban J connectivity index is 1.99. The molecule has 6 nitrogen and oxygen atoms in total. The highest BCUT2D eigenvalue weighted by molar-refractivity contribution is 5.83. The van der Waals surface area contributed by atoms with E-state index in [2.05, 4.69) is 19.9 Å². The Morgan fingerprint density at radius 2 is 1.70 bits per heavy atom. The van der Waals surface area contributed by atoms with Crippen molar-refractivity contribution < 1.29 is 0 Å². The van der Waals surface area contributed by atoms with Gasteiger partial charge in [0.15, 0.2) is 17.0 Å². The third-order valence-electron chi connectivity index (χ3n) is 2.72. The van der Waals surface area contributed by atoms with Gasteiger partial charge in [-0.25, -0.2) is 9.97 Å². The number of anilines is 2. The average molecular weight is 264 g/mol. The number of hydrogen-bond acceptors (Lipinski definition) is 6. The number of nitrogens with zero attached hydrogens (tertiary/aromatic N) is 4. The number of nitrogens with two attached hydrogens (primary N) is 2. The van der Waals surface area contributed by atoms with Crippen LogP contribution in [0.3, 0.4) is 0 Å². The van der Waals surface area contributed by atoms with Crippen molar-refractivity contribution >= 4 is 35.1 Å². The minimum Gasteiger partial charge on any atom is -0.382 e. The van der Waals surface area contributed by atoms with Crippen LogP contribution in [0.4, 0.5) is 11.8 Å². The predicted octanol–water partition coefficient (Wildman–Crippen LogP) is 1.75. The van der Waals surface area contributed by atoms with Crippen molar-refractivity contribution in [2.75, 3.05) is 11.5 Å². The third kappa shape index (κ3) is 2.39. The van der Waals surface area contributed by atoms with Crippen LogP contribution in [-0.2, 0) is 0 Å². The van der Waals surface area contributed by atoms with Gasteiger partial charge in [0.05, 0.1) is 11.9 Å². The van der Waals surface area contributed by atoms with Crippen LogP contribution in [0.5, 0.6) is 0 Å². The molecule has 0 saturated carbocycles. The maximum atomic E-state index is 5.78. The van der Waals surface area contributed by atoms with Crippen molar-refractivity contribution in [2.24, 2.45) is 0 Å². The Bertz CT molecular complexity index is 782. The Morgan fingerprint density at radius 1 is 0.900 bits per heavy atom. The molecule has 3 rings (SSSR count). The van der Waals surface area contributed by atoms with Gasteiger partial charge in [-0.2, -0.15) is 9.97 Å². The summed E-state index contributed by atoms with van der Waals surface area (Å²) in [6, 6.07) is 9.92. The molecule has 0 radical (unpaired) electrons. The molecule has 98 valence electrons. The molecule has 0 atom stereocenters. The van der Waals surface area contributed by atoms with Gasteiger partial charge in [-0.15, -0.1) is 0 Å². The van der Waals surface area contributed by atoms with Crippen LogP contribution in [0.25, 0.3) is 23.3 Å². The number of rotatable bonds is 2. The molecule has 0 aliphatic heterocycles. The van der Waals surface area contributed by atoms with Crippen LogP contribution < -0.4 is 11.5 Å². The Kier molecular flexibility index (Phi) is 2.96. The lowest BCUT2D eigenvalue weighted by molar-refractivity contribution is 1.16. The zero-order valence-electron chi connectivity index (χ0n) is 10.6. The van der Waals surface area contributed by atoms with Gasteiger partial charge < -0.3 is 11.5 Å². The van der Waals surface area contributed by atoms with Crippen molar-refractivity contribution in [3.63, 3.8) is 0 Å². The minimum absolute atomic E-state index is 0.0943. The first-order valence-electron chi connectivity index (χ1n) is 6.01. The van der Waals surface area contributed by atoms with E-state index in [0.29, 0.717) is 16.9 Å². The molecule has 0 amide bonds. The van der Waals surface area contributed by atoms with Crippen molar-refractivity contribution in [2.45, 2.75) is 0 Å². The van der Waals surface area contributed by atoms with Crippen LogP contribution in [0, 0.1) is 0 Å². The molecule has 0 aliphatic carbocycles. The van der Waals surface area contributed by atoms with Gasteiger partial charge in [-0.1, -0.05) is 36.4 Å². The van der Waals surface area contributed by atoms with Crippen LogP contribution in [0.1, 0.15) is 11.3 Å². The molecule has 0 spiro atoms. The summed E-state index contributed by atoms with van der Waals surface area (Å²) < 4.78 is 0. The monoisotopic (exact) mass is 264 g/mol. The van der Waals surface area contributed by atoms with Crippen molar-refractivity contribution in [3.05, 3.63) is 47.8 Å². The number of nitrogen functional groups attached to an aromatic ring is 2. The molecule has 0 fully saturated rings. The molecule has 2 aromatic heterocycles. The van der Waals surface area contributed by atoms with E-state index in [1.165, 1.54) is 0 Å². The summed E-state index contributed by atoms with van der Waals surface area (Å²) in [5, 5.41) is 0. The van der Waals surface area contributed by atoms with Crippen LogP contribution in [0.2, 0.25) is 0 Å². The van der Waals surface area contributed by atoms with Crippen LogP contribution >= 0.6 is 0 Å². The quantitative estimate of drug-likeness (QED) is 0.730. The first-order valence-corrected chi connectivity index (χ1v) is 6.01. The zero-order valence-corrected chi connectivity index (χ0v) is 10.6. The first-order chi connectivity index (χ1) is 9.72. The highest BCUT2D eigenvalue weighted by Gasteiger charge is 2.06. The summed E-state index contributed by atoms with van der Waals surface area (Å²) >= 11 is 0. The SMILES string of the molecule is Nc1nc(N)c2nc(/C=C/c3ccccc3)cnc2n1. The molecule has 0 unspecified atom stereocenters. The molecule has 3 aromatic rings. The topological polar surface area (TPSA) is 104 Å². The molecular weight excluding hydrogens is 252 g/mol. The highest BCUT2D eigenvalue weighted by atomic mass is 15.1. The summed E-state index contributed by atoms with van der Waals surface area (Å²) in [7, 11) is 0. The smallest absolute Gasteiger partial charge is 0.224 e. The largest absolute Gasteiger partial charge is 0.382 e. The van der Waals surface area contributed by atoms with E-state index in [1.807, 2.05) is 42.5 Å². The Labute approximate surface area is 115 Å². The summed E-state index contributed by atoms with van der Waals surface area (Å²) in [6.07, 6.45) is 5.43. The molecule has 0 bridgehead atoms. The highest BCUT2D eigenvalue weighted by Crippen LogP contribution is 2.15. The first kappa shape index (κ1) is 12.0. The lowest BCUT2D eigenvalue weighted by atomic mass is 10.2. The molecule has 20 heavy (non-hydrogen) atoms. The minimum atomic E-state index is 0.0943. The van der Waals surface area contributed by atoms with E-state index >= 15 is 0 Å². The van der Waals surface area contributed by atoms with E-state index in [0.717, 1.165) is 5.56 Å². The van der Waals surface area contributed by atoms with Gasteiger partial charge in [0.25, 0.3) is 0 Å². The van der Waals surface area contributed by atoms with Gasteiger partial charge in [-0.3, -0.25) is 0 Å². The summed E-state index contributed by atoms with van der Waals surface area (Å²) in [5.74, 6) is 0.326. The standard InChI is InChI=1S/C14H12N6/c15-12-11-13(20-14(16)19-12)17-8-10(18-11)7-6-9-4-2-1-3-5-9/h1-8H,(H4,15,16,17,19,20)/b7-6+. The van der Waals surface area contributed by atoms with Crippen molar-refractivity contribution in [1.82, 2.24) is 19.9 Å². The lowest BCUT2D eigenvalue weighted by Crippen LogP contribution is -2.03. The average Bonchev–Trinajstić information content (AvgIpc) is 2.46. The molecule has 0 saturated heterocycles. The fourth-order valence-corrected chi connectivity index (χ4v) is 1.79. The molecule has 2 heterocycles. The van der Waals surface area contributed by atoms with Gasteiger partial charge in [-0.05, 0) is 11.6 Å². The van der Waals surface area contributed by atoms with Gasteiger partial charge >= 0.3 is 0 Å².